The zero-order chi connectivity index (χ0) is 13.7. The molecule has 19 heavy (non-hydrogen) atoms. The van der Waals surface area contributed by atoms with Crippen LogP contribution in [0.5, 0.6) is 0 Å². The number of likely N-dealkylation sites (tertiary alicyclic amines) is 1. The van der Waals surface area contributed by atoms with Crippen molar-refractivity contribution in [3.63, 3.8) is 0 Å². The zero-order valence-electron chi connectivity index (χ0n) is 11.2. The van der Waals surface area contributed by atoms with Crippen LogP contribution in [-0.4, -0.2) is 46.8 Å². The number of ether oxygens (including phenoxy) is 1. The summed E-state index contributed by atoms with van der Waals surface area (Å²) in [6, 6.07) is 0. The van der Waals surface area contributed by atoms with Crippen molar-refractivity contribution >= 4 is 5.97 Å². The molecule has 0 unspecified atom stereocenters. The van der Waals surface area contributed by atoms with Crippen LogP contribution in [-0.2, 0) is 16.1 Å². The lowest BCUT2D eigenvalue weighted by molar-refractivity contribution is -0.138. The second-order valence-corrected chi connectivity index (χ2v) is 4.85. The fourth-order valence-corrected chi connectivity index (χ4v) is 2.24. The topological polar surface area (TPSA) is 75.8 Å². The SMILES string of the molecule is Cc1ocnc1CN1CCC(OCCC(=O)O)CC1. The van der Waals surface area contributed by atoms with Crippen LogP contribution in [0.4, 0.5) is 0 Å². The summed E-state index contributed by atoms with van der Waals surface area (Å²) in [5.74, 6) is 0.0683. The number of carboxylic acid groups (broad SMARTS) is 1. The minimum absolute atomic E-state index is 0.0817. The van der Waals surface area contributed by atoms with Gasteiger partial charge in [0.15, 0.2) is 6.39 Å². The lowest BCUT2D eigenvalue weighted by Gasteiger charge is -2.31. The first kappa shape index (κ1) is 14.0. The van der Waals surface area contributed by atoms with E-state index >= 15 is 0 Å². The van der Waals surface area contributed by atoms with Gasteiger partial charge in [-0.15, -0.1) is 0 Å². The molecule has 0 atom stereocenters. The third-order valence-electron chi connectivity index (χ3n) is 3.42. The fraction of sp³-hybridized carbons (Fsp3) is 0.692. The van der Waals surface area contributed by atoms with Gasteiger partial charge in [0.05, 0.1) is 24.8 Å². The Hall–Kier alpha value is -1.40. The number of aliphatic carboxylic acids is 1. The summed E-state index contributed by atoms with van der Waals surface area (Å²) >= 11 is 0. The number of hydrogen-bond donors (Lipinski definition) is 1. The van der Waals surface area contributed by atoms with Crippen molar-refractivity contribution in [2.24, 2.45) is 0 Å². The Morgan fingerprint density at radius 3 is 2.89 bits per heavy atom. The molecule has 0 aliphatic carbocycles. The summed E-state index contributed by atoms with van der Waals surface area (Å²) in [5, 5.41) is 8.55. The Morgan fingerprint density at radius 2 is 2.32 bits per heavy atom. The van der Waals surface area contributed by atoms with Gasteiger partial charge in [-0.1, -0.05) is 0 Å². The van der Waals surface area contributed by atoms with Crippen molar-refractivity contribution < 1.29 is 19.1 Å². The number of aromatic nitrogens is 1. The number of piperidine rings is 1. The molecular formula is C13H20N2O4. The Kier molecular flexibility index (Phi) is 4.93. The van der Waals surface area contributed by atoms with Gasteiger partial charge < -0.3 is 14.3 Å². The maximum Gasteiger partial charge on any atom is 0.305 e. The molecule has 0 spiro atoms. The van der Waals surface area contributed by atoms with E-state index in [1.54, 1.807) is 0 Å². The van der Waals surface area contributed by atoms with E-state index in [2.05, 4.69) is 9.88 Å². The smallest absolute Gasteiger partial charge is 0.305 e. The first-order chi connectivity index (χ1) is 9.15. The zero-order valence-corrected chi connectivity index (χ0v) is 11.2. The predicted octanol–water partition coefficient (Wildman–Crippen LogP) is 1.44. The summed E-state index contributed by atoms with van der Waals surface area (Å²) in [4.78, 5) is 16.9. The predicted molar refractivity (Wildman–Crippen MR) is 67.7 cm³/mol. The quantitative estimate of drug-likeness (QED) is 0.841. The lowest BCUT2D eigenvalue weighted by Crippen LogP contribution is -2.37. The molecule has 2 heterocycles. The van der Waals surface area contributed by atoms with Gasteiger partial charge in [-0.2, -0.15) is 0 Å². The van der Waals surface area contributed by atoms with Crippen molar-refractivity contribution in [3.05, 3.63) is 17.8 Å². The van der Waals surface area contributed by atoms with Crippen LogP contribution in [0.3, 0.4) is 0 Å². The molecule has 1 aliphatic rings. The monoisotopic (exact) mass is 268 g/mol. The van der Waals surface area contributed by atoms with E-state index in [0.29, 0.717) is 6.61 Å². The van der Waals surface area contributed by atoms with E-state index in [0.717, 1.165) is 43.9 Å². The van der Waals surface area contributed by atoms with E-state index < -0.39 is 5.97 Å². The summed E-state index contributed by atoms with van der Waals surface area (Å²) in [6.45, 7) is 4.94. The average Bonchev–Trinajstić information content (AvgIpc) is 2.77. The highest BCUT2D eigenvalue weighted by Crippen LogP contribution is 2.17. The van der Waals surface area contributed by atoms with Gasteiger partial charge in [0.2, 0.25) is 0 Å². The standard InChI is InChI=1S/C13H20N2O4/c1-10-12(14-9-19-10)8-15-5-2-11(3-6-15)18-7-4-13(16)17/h9,11H,2-8H2,1H3,(H,16,17). The van der Waals surface area contributed by atoms with Gasteiger partial charge in [-0.3, -0.25) is 9.69 Å². The number of oxazole rings is 1. The molecule has 0 bridgehead atoms. The highest BCUT2D eigenvalue weighted by Gasteiger charge is 2.21. The summed E-state index contributed by atoms with van der Waals surface area (Å²) in [7, 11) is 0. The van der Waals surface area contributed by atoms with Crippen LogP contribution in [0.15, 0.2) is 10.8 Å². The van der Waals surface area contributed by atoms with Crippen molar-refractivity contribution in [3.8, 4) is 0 Å². The molecule has 1 aliphatic heterocycles. The van der Waals surface area contributed by atoms with Crippen molar-refractivity contribution in [2.75, 3.05) is 19.7 Å². The van der Waals surface area contributed by atoms with Crippen LogP contribution < -0.4 is 0 Å². The molecule has 1 aromatic rings. The van der Waals surface area contributed by atoms with Crippen LogP contribution >= 0.6 is 0 Å². The first-order valence-electron chi connectivity index (χ1n) is 6.60. The summed E-state index contributed by atoms with van der Waals surface area (Å²) < 4.78 is 10.7. The fourth-order valence-electron chi connectivity index (χ4n) is 2.24. The second kappa shape index (κ2) is 6.68. The van der Waals surface area contributed by atoms with E-state index in [-0.39, 0.29) is 12.5 Å². The molecule has 1 N–H and O–H groups in total. The van der Waals surface area contributed by atoms with Crippen LogP contribution in [0, 0.1) is 6.92 Å². The molecule has 2 rings (SSSR count). The number of rotatable bonds is 6. The van der Waals surface area contributed by atoms with E-state index in [1.165, 1.54) is 6.39 Å². The van der Waals surface area contributed by atoms with Crippen molar-refractivity contribution in [1.82, 2.24) is 9.88 Å². The van der Waals surface area contributed by atoms with Gasteiger partial charge in [-0.25, -0.2) is 4.98 Å². The largest absolute Gasteiger partial charge is 0.481 e. The molecule has 1 fully saturated rings. The number of carboxylic acids is 1. The lowest BCUT2D eigenvalue weighted by atomic mass is 10.1. The van der Waals surface area contributed by atoms with E-state index in [1.807, 2.05) is 6.92 Å². The number of carbonyl (C=O) groups is 1. The Bertz CT molecular complexity index is 411. The van der Waals surface area contributed by atoms with Gasteiger partial charge in [0, 0.05) is 19.6 Å². The van der Waals surface area contributed by atoms with Gasteiger partial charge in [-0.05, 0) is 19.8 Å². The molecule has 106 valence electrons. The molecule has 0 aromatic carbocycles. The maximum atomic E-state index is 10.4. The normalized spacial score (nSPS) is 17.7. The van der Waals surface area contributed by atoms with Gasteiger partial charge in [0.1, 0.15) is 5.76 Å². The van der Waals surface area contributed by atoms with Gasteiger partial charge in [0.25, 0.3) is 0 Å². The maximum absolute atomic E-state index is 10.4. The highest BCUT2D eigenvalue weighted by molar-refractivity contribution is 5.66. The molecule has 0 amide bonds. The molecule has 1 saturated heterocycles. The Labute approximate surface area is 112 Å². The molecule has 6 nitrogen and oxygen atoms in total. The Balaban J connectivity index is 1.68. The minimum atomic E-state index is -0.807. The number of nitrogens with zero attached hydrogens (tertiary/aromatic N) is 2. The molecular weight excluding hydrogens is 248 g/mol. The van der Waals surface area contributed by atoms with Crippen LogP contribution in [0.1, 0.15) is 30.7 Å². The van der Waals surface area contributed by atoms with Crippen molar-refractivity contribution in [2.45, 2.75) is 38.8 Å². The number of aryl methyl sites for hydroxylation is 1. The van der Waals surface area contributed by atoms with Gasteiger partial charge >= 0.3 is 5.97 Å². The third kappa shape index (κ3) is 4.33. The van der Waals surface area contributed by atoms with Crippen LogP contribution in [0.25, 0.3) is 0 Å². The van der Waals surface area contributed by atoms with Crippen LogP contribution in [0.2, 0.25) is 0 Å². The third-order valence-corrected chi connectivity index (χ3v) is 3.42. The number of hydrogen-bond acceptors (Lipinski definition) is 5. The summed E-state index contributed by atoms with van der Waals surface area (Å²) in [5.41, 5.74) is 0.991. The Morgan fingerprint density at radius 1 is 1.58 bits per heavy atom. The minimum Gasteiger partial charge on any atom is -0.481 e. The average molecular weight is 268 g/mol. The first-order valence-corrected chi connectivity index (χ1v) is 6.60. The molecule has 6 heteroatoms. The second-order valence-electron chi connectivity index (χ2n) is 4.85. The molecule has 0 radical (unpaired) electrons. The summed E-state index contributed by atoms with van der Waals surface area (Å²) in [6.07, 6.45) is 3.63. The van der Waals surface area contributed by atoms with E-state index in [9.17, 15) is 4.79 Å². The molecule has 0 saturated carbocycles. The molecule has 1 aromatic heterocycles. The van der Waals surface area contributed by atoms with Crippen molar-refractivity contribution in [1.29, 1.82) is 0 Å². The van der Waals surface area contributed by atoms with E-state index in [4.69, 9.17) is 14.3 Å². The highest BCUT2D eigenvalue weighted by atomic mass is 16.5.